The van der Waals surface area contributed by atoms with E-state index in [2.05, 4.69) is 10.6 Å². The maximum absolute atomic E-state index is 13.8. The number of hydrogen-bond donors (Lipinski definition) is 3. The zero-order valence-corrected chi connectivity index (χ0v) is 21.8. The quantitative estimate of drug-likeness (QED) is 0.362. The molecule has 1 unspecified atom stereocenters. The van der Waals surface area contributed by atoms with Gasteiger partial charge in [-0.1, -0.05) is 18.2 Å². The molecule has 9 nitrogen and oxygen atoms in total. The highest BCUT2D eigenvalue weighted by Gasteiger charge is 2.29. The second-order valence-electron chi connectivity index (χ2n) is 9.39. The lowest BCUT2D eigenvalue weighted by molar-refractivity contribution is -0.131. The van der Waals surface area contributed by atoms with Crippen LogP contribution in [0.5, 0.6) is 5.75 Å². The molecule has 1 aliphatic rings. The summed E-state index contributed by atoms with van der Waals surface area (Å²) in [5, 5.41) is 14.2. The third-order valence-corrected chi connectivity index (χ3v) is 6.73. The van der Waals surface area contributed by atoms with Crippen molar-refractivity contribution in [2.75, 3.05) is 42.8 Å². The van der Waals surface area contributed by atoms with Crippen molar-refractivity contribution < 1.29 is 28.6 Å². The van der Waals surface area contributed by atoms with Gasteiger partial charge in [-0.05, 0) is 66.9 Å². The average Bonchev–Trinajstić information content (AvgIpc) is 3.39. The minimum absolute atomic E-state index is 0.00724. The van der Waals surface area contributed by atoms with Gasteiger partial charge in [0.25, 0.3) is 0 Å². The van der Waals surface area contributed by atoms with Crippen molar-refractivity contribution in [1.29, 1.82) is 0 Å². The summed E-state index contributed by atoms with van der Waals surface area (Å²) in [4.78, 5) is 40.7. The van der Waals surface area contributed by atoms with E-state index in [0.29, 0.717) is 24.5 Å². The Kier molecular flexibility index (Phi) is 8.65. The molecule has 1 aliphatic heterocycles. The molecule has 1 heterocycles. The van der Waals surface area contributed by atoms with E-state index in [1.165, 1.54) is 25.3 Å². The number of hydrogen-bond acceptors (Lipinski definition) is 5. The van der Waals surface area contributed by atoms with Crippen LogP contribution >= 0.6 is 0 Å². The molecule has 1 saturated heterocycles. The Labute approximate surface area is 226 Å². The largest absolute Gasteiger partial charge is 0.495 e. The lowest BCUT2D eigenvalue weighted by Crippen LogP contribution is -2.43. The number of nitrogens with one attached hydrogen (secondary N) is 2. The number of carbonyl (C=O) groups excluding carboxylic acids is 2. The molecule has 4 rings (SSSR count). The van der Waals surface area contributed by atoms with Gasteiger partial charge >= 0.3 is 12.0 Å². The van der Waals surface area contributed by atoms with Gasteiger partial charge in [0.15, 0.2) is 0 Å². The minimum Gasteiger partial charge on any atom is -0.495 e. The standard InChI is InChI=1S/C29H31FN4O5/c1-33(21-12-10-20(11-13-21)28(36)37)18-22-6-5-15-34(22)27(35)17-19-9-14-25(26(16-19)39-2)32-29(38)31-24-8-4-3-7-23(24)30/h3-4,7-14,16,22H,5-6,15,17-18H2,1-2H3,(H,36,37)(H2,31,32,38). The van der Waals surface area contributed by atoms with Crippen molar-refractivity contribution in [3.63, 3.8) is 0 Å². The first-order valence-corrected chi connectivity index (χ1v) is 12.6. The highest BCUT2D eigenvalue weighted by Crippen LogP contribution is 2.28. The van der Waals surface area contributed by atoms with Gasteiger partial charge in [-0.15, -0.1) is 0 Å². The number of urea groups is 1. The fraction of sp³-hybridized carbons (Fsp3) is 0.276. The number of rotatable bonds is 9. The number of carboxylic acids is 1. The Bertz CT molecular complexity index is 1350. The Hall–Kier alpha value is -4.60. The Morgan fingerprint density at radius 2 is 1.77 bits per heavy atom. The van der Waals surface area contributed by atoms with Crippen molar-refractivity contribution >= 4 is 35.0 Å². The predicted octanol–water partition coefficient (Wildman–Crippen LogP) is 4.85. The van der Waals surface area contributed by atoms with E-state index in [1.54, 1.807) is 48.5 Å². The van der Waals surface area contributed by atoms with Crippen LogP contribution in [0.4, 0.5) is 26.2 Å². The van der Waals surface area contributed by atoms with Gasteiger partial charge in [0.05, 0.1) is 30.5 Å². The van der Waals surface area contributed by atoms with Crippen LogP contribution in [-0.4, -0.2) is 61.2 Å². The van der Waals surface area contributed by atoms with Crippen LogP contribution in [0.1, 0.15) is 28.8 Å². The molecule has 0 radical (unpaired) electrons. The van der Waals surface area contributed by atoms with Crippen molar-refractivity contribution in [2.45, 2.75) is 25.3 Å². The van der Waals surface area contributed by atoms with Crippen LogP contribution in [0, 0.1) is 5.82 Å². The van der Waals surface area contributed by atoms with Crippen molar-refractivity contribution in [1.82, 2.24) is 4.90 Å². The van der Waals surface area contributed by atoms with E-state index in [9.17, 15) is 18.8 Å². The predicted molar refractivity (Wildman–Crippen MR) is 147 cm³/mol. The fourth-order valence-corrected chi connectivity index (χ4v) is 4.70. The maximum Gasteiger partial charge on any atom is 0.335 e. The molecule has 0 aromatic heterocycles. The van der Waals surface area contributed by atoms with Gasteiger partial charge in [0.2, 0.25) is 5.91 Å². The van der Waals surface area contributed by atoms with Crippen molar-refractivity contribution in [3.05, 3.63) is 83.7 Å². The monoisotopic (exact) mass is 534 g/mol. The molecular formula is C29H31FN4O5. The first-order valence-electron chi connectivity index (χ1n) is 12.6. The van der Waals surface area contributed by atoms with E-state index in [1.807, 2.05) is 16.8 Å². The summed E-state index contributed by atoms with van der Waals surface area (Å²) in [6.45, 7) is 1.30. The van der Waals surface area contributed by atoms with Gasteiger partial charge in [0, 0.05) is 31.9 Å². The number of carboxylic acid groups (broad SMARTS) is 1. The van der Waals surface area contributed by atoms with Crippen molar-refractivity contribution in [3.8, 4) is 5.75 Å². The van der Waals surface area contributed by atoms with E-state index >= 15 is 0 Å². The van der Waals surface area contributed by atoms with Crippen LogP contribution in [-0.2, 0) is 11.2 Å². The summed E-state index contributed by atoms with van der Waals surface area (Å²) in [5.41, 5.74) is 2.29. The number of para-hydroxylation sites is 1. The molecule has 0 bridgehead atoms. The molecule has 0 saturated carbocycles. The lowest BCUT2D eigenvalue weighted by Gasteiger charge is -2.30. The molecule has 39 heavy (non-hydrogen) atoms. The first kappa shape index (κ1) is 27.4. The van der Waals surface area contributed by atoms with Crippen LogP contribution in [0.2, 0.25) is 0 Å². The Morgan fingerprint density at radius 1 is 1.05 bits per heavy atom. The maximum atomic E-state index is 13.8. The van der Waals surface area contributed by atoms with Crippen molar-refractivity contribution in [2.24, 2.45) is 0 Å². The minimum atomic E-state index is -0.969. The summed E-state index contributed by atoms with van der Waals surface area (Å²) in [6.07, 6.45) is 1.96. The number of nitrogens with zero attached hydrogens (tertiary/aromatic N) is 2. The molecule has 1 atom stereocenters. The number of benzene rings is 3. The SMILES string of the molecule is COc1cc(CC(=O)N2CCCC2CN(C)c2ccc(C(=O)O)cc2)ccc1NC(=O)Nc1ccccc1F. The molecule has 1 fully saturated rings. The molecule has 0 aliphatic carbocycles. The molecule has 3 aromatic rings. The summed E-state index contributed by atoms with van der Waals surface area (Å²) in [7, 11) is 3.39. The lowest BCUT2D eigenvalue weighted by atomic mass is 10.1. The number of aromatic carboxylic acids is 1. The Balaban J connectivity index is 1.37. The number of carbonyl (C=O) groups is 3. The fourth-order valence-electron chi connectivity index (χ4n) is 4.70. The molecular weight excluding hydrogens is 503 g/mol. The van der Waals surface area contributed by atoms with Crippen LogP contribution in [0.15, 0.2) is 66.7 Å². The second kappa shape index (κ2) is 12.3. The summed E-state index contributed by atoms with van der Waals surface area (Å²) in [6, 6.07) is 17.1. The topological polar surface area (TPSA) is 111 Å². The van der Waals surface area contributed by atoms with E-state index in [0.717, 1.165) is 24.1 Å². The third kappa shape index (κ3) is 6.84. The van der Waals surface area contributed by atoms with Gasteiger partial charge in [-0.2, -0.15) is 0 Å². The first-order chi connectivity index (χ1) is 18.7. The highest BCUT2D eigenvalue weighted by molar-refractivity contribution is 6.00. The molecule has 3 aromatic carbocycles. The van der Waals surface area contributed by atoms with Crippen LogP contribution in [0.3, 0.4) is 0 Å². The smallest absolute Gasteiger partial charge is 0.335 e. The van der Waals surface area contributed by atoms with Gasteiger partial charge < -0.3 is 30.3 Å². The zero-order valence-electron chi connectivity index (χ0n) is 21.8. The number of amides is 3. The molecule has 0 spiro atoms. The summed E-state index contributed by atoms with van der Waals surface area (Å²) in [5.74, 6) is -1.14. The normalized spacial score (nSPS) is 14.5. The van der Waals surface area contributed by atoms with Crippen LogP contribution < -0.4 is 20.3 Å². The van der Waals surface area contributed by atoms with E-state index in [-0.39, 0.29) is 29.6 Å². The van der Waals surface area contributed by atoms with Gasteiger partial charge in [-0.3, -0.25) is 4.79 Å². The van der Waals surface area contributed by atoms with Gasteiger partial charge in [0.1, 0.15) is 11.6 Å². The number of methoxy groups -OCH3 is 1. The number of likely N-dealkylation sites (N-methyl/N-ethyl adjacent to an activating group) is 1. The average molecular weight is 535 g/mol. The number of anilines is 3. The second-order valence-corrected chi connectivity index (χ2v) is 9.39. The molecule has 3 N–H and O–H groups in total. The third-order valence-electron chi connectivity index (χ3n) is 6.73. The highest BCUT2D eigenvalue weighted by atomic mass is 19.1. The van der Waals surface area contributed by atoms with E-state index in [4.69, 9.17) is 9.84 Å². The number of halogens is 1. The summed E-state index contributed by atoms with van der Waals surface area (Å²) < 4.78 is 19.3. The summed E-state index contributed by atoms with van der Waals surface area (Å²) >= 11 is 0. The Morgan fingerprint density at radius 3 is 2.46 bits per heavy atom. The van der Waals surface area contributed by atoms with Crippen LogP contribution in [0.25, 0.3) is 0 Å². The number of likely N-dealkylation sites (tertiary alicyclic amines) is 1. The number of ether oxygens (including phenoxy) is 1. The molecule has 10 heteroatoms. The zero-order chi connectivity index (χ0) is 27.9. The molecule has 3 amide bonds. The van der Waals surface area contributed by atoms with Gasteiger partial charge in [-0.25, -0.2) is 14.0 Å². The van der Waals surface area contributed by atoms with E-state index < -0.39 is 17.8 Å². The molecule has 204 valence electrons.